The molecule has 3 heterocycles. The zero-order chi connectivity index (χ0) is 25.2. The fourth-order valence-corrected chi connectivity index (χ4v) is 5.30. The van der Waals surface area contributed by atoms with Gasteiger partial charge in [0.1, 0.15) is 18.9 Å². The summed E-state index contributed by atoms with van der Waals surface area (Å²) in [6.07, 6.45) is 2.28. The molecule has 1 aromatic carbocycles. The number of amides is 2. The van der Waals surface area contributed by atoms with Crippen LogP contribution in [0.5, 0.6) is 5.75 Å². The van der Waals surface area contributed by atoms with Crippen LogP contribution in [0.4, 0.5) is 0 Å². The third-order valence-electron chi connectivity index (χ3n) is 6.45. The molecule has 186 valence electrons. The van der Waals surface area contributed by atoms with E-state index >= 15 is 0 Å². The van der Waals surface area contributed by atoms with Gasteiger partial charge in [-0.3, -0.25) is 9.59 Å². The number of nitrogens with zero attached hydrogens (tertiary/aromatic N) is 2. The van der Waals surface area contributed by atoms with Crippen molar-refractivity contribution in [2.75, 3.05) is 19.7 Å². The highest BCUT2D eigenvalue weighted by Gasteiger charge is 2.36. The highest BCUT2D eigenvalue weighted by atomic mass is 32.1. The molecule has 0 unspecified atom stereocenters. The first-order chi connectivity index (χ1) is 16.6. The van der Waals surface area contributed by atoms with Gasteiger partial charge < -0.3 is 19.0 Å². The molecule has 0 aliphatic carbocycles. The fraction of sp³-hybridized carbons (Fsp3) is 0.429. The second kappa shape index (κ2) is 10.3. The van der Waals surface area contributed by atoms with E-state index in [1.165, 1.54) is 16.7 Å². The van der Waals surface area contributed by atoms with Crippen LogP contribution in [0.2, 0.25) is 0 Å². The van der Waals surface area contributed by atoms with E-state index in [1.54, 1.807) is 28.4 Å². The number of furan rings is 1. The lowest BCUT2D eigenvalue weighted by Gasteiger charge is -2.40. The summed E-state index contributed by atoms with van der Waals surface area (Å²) in [4.78, 5) is 31.5. The van der Waals surface area contributed by atoms with Crippen molar-refractivity contribution in [2.45, 2.75) is 58.5 Å². The Morgan fingerprint density at radius 3 is 2.54 bits per heavy atom. The predicted molar refractivity (Wildman–Crippen MR) is 138 cm³/mol. The van der Waals surface area contributed by atoms with Gasteiger partial charge in [0.05, 0.1) is 12.3 Å². The van der Waals surface area contributed by atoms with Crippen LogP contribution in [0.25, 0.3) is 0 Å². The standard InChI is InChI=1S/C28H34N2O4S/c1-19(2)20-8-10-21(11-9-20)34-18-23-22-13-16-35-25(22)12-14-29(23)26(31)17-30(28(3,4)5)27(32)24-7-6-15-33-24/h6-11,13,15-16,19,23H,12,14,17-18H2,1-5H3/t23-/m1/s1. The average molecular weight is 495 g/mol. The lowest BCUT2D eigenvalue weighted by molar-refractivity contribution is -0.136. The van der Waals surface area contributed by atoms with Crippen LogP contribution in [-0.2, 0) is 11.2 Å². The van der Waals surface area contributed by atoms with Gasteiger partial charge in [-0.2, -0.15) is 0 Å². The van der Waals surface area contributed by atoms with Crippen molar-refractivity contribution in [1.82, 2.24) is 9.80 Å². The minimum atomic E-state index is -0.549. The molecule has 0 saturated carbocycles. The summed E-state index contributed by atoms with van der Waals surface area (Å²) in [5.41, 5.74) is 1.84. The second-order valence-electron chi connectivity index (χ2n) is 10.2. The van der Waals surface area contributed by atoms with Gasteiger partial charge in [-0.1, -0.05) is 26.0 Å². The topological polar surface area (TPSA) is 63.0 Å². The average Bonchev–Trinajstić information content (AvgIpc) is 3.52. The summed E-state index contributed by atoms with van der Waals surface area (Å²) in [5, 5.41) is 2.07. The van der Waals surface area contributed by atoms with Gasteiger partial charge in [0.2, 0.25) is 5.91 Å². The van der Waals surface area contributed by atoms with Crippen molar-refractivity contribution in [3.63, 3.8) is 0 Å². The molecule has 2 aromatic heterocycles. The van der Waals surface area contributed by atoms with Crippen LogP contribution >= 0.6 is 11.3 Å². The van der Waals surface area contributed by atoms with E-state index in [2.05, 4.69) is 37.4 Å². The number of rotatable bonds is 7. The maximum Gasteiger partial charge on any atom is 0.290 e. The molecular formula is C28H34N2O4S. The smallest absolute Gasteiger partial charge is 0.290 e. The van der Waals surface area contributed by atoms with Gasteiger partial charge in [-0.15, -0.1) is 11.3 Å². The maximum absolute atomic E-state index is 13.7. The Bertz CT molecular complexity index is 1140. The lowest BCUT2D eigenvalue weighted by atomic mass is 9.99. The zero-order valence-electron chi connectivity index (χ0n) is 21.1. The first-order valence-corrected chi connectivity index (χ1v) is 13.0. The number of carbonyl (C=O) groups excluding carboxylic acids is 2. The molecule has 0 radical (unpaired) electrons. The van der Waals surface area contributed by atoms with Gasteiger partial charge >= 0.3 is 0 Å². The van der Waals surface area contributed by atoms with Crippen LogP contribution in [0.3, 0.4) is 0 Å². The molecule has 1 aliphatic rings. The highest BCUT2D eigenvalue weighted by molar-refractivity contribution is 7.10. The van der Waals surface area contributed by atoms with Crippen molar-refractivity contribution in [2.24, 2.45) is 0 Å². The van der Waals surface area contributed by atoms with Crippen LogP contribution < -0.4 is 4.74 Å². The fourth-order valence-electron chi connectivity index (χ4n) is 4.37. The Morgan fingerprint density at radius 1 is 1.17 bits per heavy atom. The Labute approximate surface area is 211 Å². The molecule has 0 spiro atoms. The third kappa shape index (κ3) is 5.61. The van der Waals surface area contributed by atoms with Crippen molar-refractivity contribution in [1.29, 1.82) is 0 Å². The summed E-state index contributed by atoms with van der Waals surface area (Å²) in [7, 11) is 0. The molecule has 0 bridgehead atoms. The van der Waals surface area contributed by atoms with Crippen molar-refractivity contribution in [3.8, 4) is 5.75 Å². The lowest BCUT2D eigenvalue weighted by Crippen LogP contribution is -2.53. The first-order valence-electron chi connectivity index (χ1n) is 12.1. The summed E-state index contributed by atoms with van der Waals surface area (Å²) >= 11 is 1.72. The molecule has 0 saturated heterocycles. The molecule has 1 aliphatic heterocycles. The monoisotopic (exact) mass is 494 g/mol. The van der Waals surface area contributed by atoms with Crippen molar-refractivity contribution < 1.29 is 18.7 Å². The molecule has 0 N–H and O–H groups in total. The SMILES string of the molecule is CC(C)c1ccc(OC[C@@H]2c3ccsc3CCN2C(=O)CN(C(=O)c2ccco2)C(C)(C)C)cc1. The summed E-state index contributed by atoms with van der Waals surface area (Å²) in [6, 6.07) is 13.3. The van der Waals surface area contributed by atoms with Crippen molar-refractivity contribution >= 4 is 23.2 Å². The predicted octanol–water partition coefficient (Wildman–Crippen LogP) is 5.91. The van der Waals surface area contributed by atoms with Crippen LogP contribution in [0, 0.1) is 0 Å². The van der Waals surface area contributed by atoms with E-state index in [4.69, 9.17) is 9.15 Å². The van der Waals surface area contributed by atoms with Crippen molar-refractivity contribution in [3.05, 3.63) is 75.9 Å². The largest absolute Gasteiger partial charge is 0.491 e. The minimum absolute atomic E-state index is 0.0257. The quantitative estimate of drug-likeness (QED) is 0.410. The molecule has 0 fully saturated rings. The van der Waals surface area contributed by atoms with E-state index in [0.717, 1.165) is 17.7 Å². The number of hydrogen-bond donors (Lipinski definition) is 0. The van der Waals surface area contributed by atoms with Crippen LogP contribution in [-0.4, -0.2) is 46.8 Å². The molecule has 6 nitrogen and oxygen atoms in total. The summed E-state index contributed by atoms with van der Waals surface area (Å²) in [6.45, 7) is 11.0. The van der Waals surface area contributed by atoms with Gasteiger partial charge in [0.25, 0.3) is 5.91 Å². The number of benzene rings is 1. The third-order valence-corrected chi connectivity index (χ3v) is 7.45. The molecule has 2 amide bonds. The second-order valence-corrected chi connectivity index (χ2v) is 11.2. The number of carbonyl (C=O) groups is 2. The van der Waals surface area contributed by atoms with E-state index in [9.17, 15) is 9.59 Å². The van der Waals surface area contributed by atoms with E-state index in [0.29, 0.717) is 19.1 Å². The van der Waals surface area contributed by atoms with Crippen LogP contribution in [0.1, 0.15) is 73.1 Å². The van der Waals surface area contributed by atoms with Gasteiger partial charge in [0.15, 0.2) is 5.76 Å². The highest BCUT2D eigenvalue weighted by Crippen LogP contribution is 2.34. The number of ether oxygens (including phenoxy) is 1. The number of hydrogen-bond acceptors (Lipinski definition) is 5. The Kier molecular flexibility index (Phi) is 7.36. The Morgan fingerprint density at radius 2 is 1.91 bits per heavy atom. The summed E-state index contributed by atoms with van der Waals surface area (Å²) < 4.78 is 11.5. The Balaban J connectivity index is 1.53. The maximum atomic E-state index is 13.7. The Hall–Kier alpha value is -3.06. The molecule has 1 atom stereocenters. The van der Waals surface area contributed by atoms with E-state index in [-0.39, 0.29) is 30.2 Å². The normalized spacial score (nSPS) is 15.7. The number of fused-ring (bicyclic) bond motifs is 1. The van der Waals surface area contributed by atoms with Crippen LogP contribution in [0.15, 0.2) is 58.5 Å². The first kappa shape index (κ1) is 25.0. The van der Waals surface area contributed by atoms with E-state index < -0.39 is 5.54 Å². The summed E-state index contributed by atoms with van der Waals surface area (Å²) in [5.74, 6) is 1.09. The van der Waals surface area contributed by atoms with Gasteiger partial charge in [0, 0.05) is 17.0 Å². The number of thiophene rings is 1. The van der Waals surface area contributed by atoms with Gasteiger partial charge in [-0.05, 0) is 79.9 Å². The molecule has 35 heavy (non-hydrogen) atoms. The molecule has 7 heteroatoms. The zero-order valence-corrected chi connectivity index (χ0v) is 21.9. The van der Waals surface area contributed by atoms with E-state index in [1.807, 2.05) is 37.8 Å². The molecule has 4 rings (SSSR count). The minimum Gasteiger partial charge on any atom is -0.491 e. The molecule has 3 aromatic rings. The molecular weight excluding hydrogens is 460 g/mol. The van der Waals surface area contributed by atoms with Gasteiger partial charge in [-0.25, -0.2) is 0 Å².